The average Bonchev–Trinajstić information content (AvgIpc) is 2.64. The molecule has 0 aromatic carbocycles. The molecule has 92 valence electrons. The monoisotopic (exact) mass is 237 g/mol. The molecule has 17 heavy (non-hydrogen) atoms. The summed E-state index contributed by atoms with van der Waals surface area (Å²) in [7, 11) is 0. The molecule has 1 fully saturated rings. The van der Waals surface area contributed by atoms with Gasteiger partial charge in [0.15, 0.2) is 0 Å². The molecular formula is C11H15N3O3. The quantitative estimate of drug-likeness (QED) is 0.641. The van der Waals surface area contributed by atoms with Gasteiger partial charge >= 0.3 is 0 Å². The van der Waals surface area contributed by atoms with E-state index in [9.17, 15) is 10.1 Å². The van der Waals surface area contributed by atoms with Crippen LogP contribution in [-0.4, -0.2) is 28.7 Å². The third kappa shape index (κ3) is 2.52. The number of aryl methyl sites for hydroxylation is 1. The molecule has 0 spiro atoms. The number of hydrogen-bond acceptors (Lipinski definition) is 5. The molecule has 1 atom stereocenters. The molecule has 1 unspecified atom stereocenters. The Labute approximate surface area is 99.2 Å². The zero-order valence-electron chi connectivity index (χ0n) is 9.90. The van der Waals surface area contributed by atoms with E-state index in [0.717, 1.165) is 13.0 Å². The highest BCUT2D eigenvalue weighted by Gasteiger charge is 2.30. The molecule has 1 aliphatic heterocycles. The number of rotatable bonds is 3. The lowest BCUT2D eigenvalue weighted by Crippen LogP contribution is -2.35. The van der Waals surface area contributed by atoms with Crippen LogP contribution in [0.3, 0.4) is 0 Å². The van der Waals surface area contributed by atoms with Gasteiger partial charge in [-0.25, -0.2) is 4.98 Å². The van der Waals surface area contributed by atoms with Crippen LogP contribution in [0.1, 0.15) is 18.9 Å². The number of nitrogens with zero attached hydrogens (tertiary/aromatic N) is 2. The maximum atomic E-state index is 10.7. The van der Waals surface area contributed by atoms with E-state index in [1.807, 2.05) is 0 Å². The van der Waals surface area contributed by atoms with E-state index in [0.29, 0.717) is 18.0 Å². The molecule has 1 aromatic rings. The van der Waals surface area contributed by atoms with Crippen LogP contribution in [0.25, 0.3) is 0 Å². The van der Waals surface area contributed by atoms with E-state index in [-0.39, 0.29) is 11.2 Å². The first kappa shape index (κ1) is 11.8. The lowest BCUT2D eigenvalue weighted by atomic mass is 10.0. The first-order valence-corrected chi connectivity index (χ1v) is 5.47. The molecule has 1 N–H and O–H groups in total. The van der Waals surface area contributed by atoms with Crippen molar-refractivity contribution in [1.82, 2.24) is 4.98 Å². The number of pyridine rings is 1. The number of aromatic nitrogens is 1. The van der Waals surface area contributed by atoms with Gasteiger partial charge < -0.3 is 10.1 Å². The van der Waals surface area contributed by atoms with Gasteiger partial charge in [-0.15, -0.1) is 0 Å². The van der Waals surface area contributed by atoms with E-state index in [2.05, 4.69) is 17.2 Å². The van der Waals surface area contributed by atoms with Crippen LogP contribution in [0.15, 0.2) is 12.3 Å². The molecule has 6 heteroatoms. The average molecular weight is 237 g/mol. The minimum Gasteiger partial charge on any atom is -0.379 e. The summed E-state index contributed by atoms with van der Waals surface area (Å²) in [5.74, 6) is 0.654. The molecule has 1 aliphatic rings. The summed E-state index contributed by atoms with van der Waals surface area (Å²) in [5, 5.41) is 13.9. The van der Waals surface area contributed by atoms with E-state index in [4.69, 9.17) is 4.74 Å². The number of nitrogens with one attached hydrogen (secondary N) is 1. The zero-order chi connectivity index (χ0) is 12.5. The van der Waals surface area contributed by atoms with Crippen molar-refractivity contribution in [2.45, 2.75) is 25.8 Å². The molecule has 0 aliphatic carbocycles. The first-order chi connectivity index (χ1) is 8.00. The molecule has 0 radical (unpaired) electrons. The fourth-order valence-electron chi connectivity index (χ4n) is 1.88. The Morgan fingerprint density at radius 3 is 2.94 bits per heavy atom. The van der Waals surface area contributed by atoms with Crippen LogP contribution in [-0.2, 0) is 4.74 Å². The summed E-state index contributed by atoms with van der Waals surface area (Å²) in [6.45, 7) is 5.12. The Morgan fingerprint density at radius 1 is 1.65 bits per heavy atom. The lowest BCUT2D eigenvalue weighted by molar-refractivity contribution is -0.385. The molecule has 1 aromatic heterocycles. The van der Waals surface area contributed by atoms with Crippen molar-refractivity contribution in [3.63, 3.8) is 0 Å². The zero-order valence-corrected chi connectivity index (χ0v) is 9.90. The minimum absolute atomic E-state index is 0.0448. The van der Waals surface area contributed by atoms with Crippen molar-refractivity contribution < 1.29 is 9.66 Å². The highest BCUT2D eigenvalue weighted by atomic mass is 16.6. The van der Waals surface area contributed by atoms with Crippen molar-refractivity contribution in [3.05, 3.63) is 27.9 Å². The molecule has 6 nitrogen and oxygen atoms in total. The maximum Gasteiger partial charge on any atom is 0.290 e. The predicted octanol–water partition coefficient (Wildman–Crippen LogP) is 1.89. The van der Waals surface area contributed by atoms with Crippen LogP contribution in [0, 0.1) is 17.0 Å². The summed E-state index contributed by atoms with van der Waals surface area (Å²) >= 11 is 0. The topological polar surface area (TPSA) is 77.3 Å². The van der Waals surface area contributed by atoms with E-state index in [1.165, 1.54) is 6.20 Å². The summed E-state index contributed by atoms with van der Waals surface area (Å²) < 4.78 is 5.33. The van der Waals surface area contributed by atoms with E-state index < -0.39 is 4.92 Å². The number of anilines is 1. The lowest BCUT2D eigenvalue weighted by Gasteiger charge is -2.24. The highest BCUT2D eigenvalue weighted by molar-refractivity contribution is 5.48. The van der Waals surface area contributed by atoms with Crippen molar-refractivity contribution in [2.24, 2.45) is 0 Å². The Morgan fingerprint density at radius 2 is 2.41 bits per heavy atom. The number of nitro groups is 1. The smallest absolute Gasteiger partial charge is 0.290 e. The Hall–Kier alpha value is -1.69. The molecule has 0 saturated carbocycles. The molecule has 2 rings (SSSR count). The minimum atomic E-state index is -0.424. The Bertz CT molecular complexity index is 442. The van der Waals surface area contributed by atoms with Gasteiger partial charge in [0.1, 0.15) is 12.0 Å². The number of ether oxygens (including phenoxy) is 1. The predicted molar refractivity (Wildman–Crippen MR) is 63.1 cm³/mol. The second kappa shape index (κ2) is 4.29. The molecule has 2 heterocycles. The van der Waals surface area contributed by atoms with E-state index in [1.54, 1.807) is 13.0 Å². The Balaban J connectivity index is 2.17. The van der Waals surface area contributed by atoms with Crippen molar-refractivity contribution in [1.29, 1.82) is 0 Å². The summed E-state index contributed by atoms with van der Waals surface area (Å²) in [6, 6.07) is 1.70. The van der Waals surface area contributed by atoms with Crippen molar-refractivity contribution >= 4 is 11.5 Å². The summed E-state index contributed by atoms with van der Waals surface area (Å²) in [6.07, 6.45) is 2.20. The SMILES string of the molecule is Cc1cc(NC2(C)CCOC2)ncc1[N+](=O)[O-]. The maximum absolute atomic E-state index is 10.7. The Kier molecular flexibility index (Phi) is 2.97. The van der Waals surface area contributed by atoms with E-state index >= 15 is 0 Å². The van der Waals surface area contributed by atoms with Crippen LogP contribution in [0.2, 0.25) is 0 Å². The van der Waals surface area contributed by atoms with Gasteiger partial charge in [-0.05, 0) is 26.3 Å². The van der Waals surface area contributed by atoms with Crippen molar-refractivity contribution in [2.75, 3.05) is 18.5 Å². The fourth-order valence-corrected chi connectivity index (χ4v) is 1.88. The summed E-state index contributed by atoms with van der Waals surface area (Å²) in [5.41, 5.74) is 0.522. The van der Waals surface area contributed by atoms with Crippen molar-refractivity contribution in [3.8, 4) is 0 Å². The highest BCUT2D eigenvalue weighted by Crippen LogP contribution is 2.25. The third-order valence-electron chi connectivity index (χ3n) is 2.93. The van der Waals surface area contributed by atoms with Gasteiger partial charge in [0, 0.05) is 12.2 Å². The summed E-state index contributed by atoms with van der Waals surface area (Å²) in [4.78, 5) is 14.3. The second-order valence-electron chi connectivity index (χ2n) is 4.60. The van der Waals surface area contributed by atoms with Gasteiger partial charge in [-0.3, -0.25) is 10.1 Å². The van der Waals surface area contributed by atoms with Gasteiger partial charge in [-0.1, -0.05) is 0 Å². The first-order valence-electron chi connectivity index (χ1n) is 5.47. The van der Waals surface area contributed by atoms with Crippen LogP contribution in [0.4, 0.5) is 11.5 Å². The van der Waals surface area contributed by atoms with Gasteiger partial charge in [-0.2, -0.15) is 0 Å². The molecule has 1 saturated heterocycles. The standard InChI is InChI=1S/C11H15N3O3/c1-8-5-10(12-6-9(8)14(15)16)13-11(2)3-4-17-7-11/h5-6H,3-4,7H2,1-2H3,(H,12,13). The normalized spacial score (nSPS) is 23.6. The van der Waals surface area contributed by atoms with Gasteiger partial charge in [0.25, 0.3) is 5.69 Å². The fraction of sp³-hybridized carbons (Fsp3) is 0.545. The second-order valence-corrected chi connectivity index (χ2v) is 4.60. The number of hydrogen-bond donors (Lipinski definition) is 1. The van der Waals surface area contributed by atoms with Crippen LogP contribution >= 0.6 is 0 Å². The third-order valence-corrected chi connectivity index (χ3v) is 2.93. The van der Waals surface area contributed by atoms with Crippen LogP contribution in [0.5, 0.6) is 0 Å². The van der Waals surface area contributed by atoms with Gasteiger partial charge in [0.05, 0.1) is 17.1 Å². The molecule has 0 amide bonds. The molecule has 0 bridgehead atoms. The molecular weight excluding hydrogens is 222 g/mol. The largest absolute Gasteiger partial charge is 0.379 e. The van der Waals surface area contributed by atoms with Crippen LogP contribution < -0.4 is 5.32 Å². The van der Waals surface area contributed by atoms with Gasteiger partial charge in [0.2, 0.25) is 0 Å².